The molecular weight excluding hydrogens is 514 g/mol. The van der Waals surface area contributed by atoms with E-state index >= 15 is 0 Å². The summed E-state index contributed by atoms with van der Waals surface area (Å²) in [5, 5.41) is 8.80. The number of aryl methyl sites for hydroxylation is 2. The highest BCUT2D eigenvalue weighted by molar-refractivity contribution is 7.99. The molecule has 0 aliphatic rings. The van der Waals surface area contributed by atoms with Crippen LogP contribution in [0, 0.1) is 6.92 Å². The lowest BCUT2D eigenvalue weighted by Gasteiger charge is -2.16. The SMILES string of the molecule is CC(=O)CCSc1ccc(C(=O)O)cc1C.CC(C)(C)OC(N)=O.CCc1ccc(Oc2ccccc2)cc1. The molecule has 3 N–H and O–H groups in total. The van der Waals surface area contributed by atoms with Gasteiger partial charge < -0.3 is 20.3 Å². The number of para-hydroxylation sites is 1. The van der Waals surface area contributed by atoms with Gasteiger partial charge in [0.25, 0.3) is 0 Å². The second kappa shape index (κ2) is 16.9. The second-order valence-electron chi connectivity index (χ2n) is 9.53. The first-order valence-corrected chi connectivity index (χ1v) is 13.6. The fraction of sp³-hybridized carbons (Fsp3) is 0.323. The van der Waals surface area contributed by atoms with E-state index in [1.165, 1.54) is 5.56 Å². The first-order chi connectivity index (χ1) is 18.3. The van der Waals surface area contributed by atoms with Gasteiger partial charge in [-0.3, -0.25) is 4.79 Å². The summed E-state index contributed by atoms with van der Waals surface area (Å²) < 4.78 is 10.3. The predicted octanol–water partition coefficient (Wildman–Crippen LogP) is 7.69. The number of hydrogen-bond donors (Lipinski definition) is 2. The maximum atomic E-state index is 10.8. The lowest BCUT2D eigenvalue weighted by molar-refractivity contribution is -0.116. The number of benzene rings is 3. The van der Waals surface area contributed by atoms with Gasteiger partial charge in [-0.1, -0.05) is 37.3 Å². The third-order valence-corrected chi connectivity index (χ3v) is 6.03. The van der Waals surface area contributed by atoms with Gasteiger partial charge >= 0.3 is 12.1 Å². The lowest BCUT2D eigenvalue weighted by atomic mass is 10.1. The highest BCUT2D eigenvalue weighted by Gasteiger charge is 2.12. The fourth-order valence-electron chi connectivity index (χ4n) is 2.97. The van der Waals surface area contributed by atoms with Crippen molar-refractivity contribution in [2.45, 2.75) is 64.9 Å². The number of hydrogen-bond acceptors (Lipinski definition) is 6. The molecule has 3 aromatic carbocycles. The monoisotopic (exact) mass is 553 g/mol. The molecule has 0 saturated carbocycles. The van der Waals surface area contributed by atoms with E-state index in [1.54, 1.807) is 57.7 Å². The first kappa shape index (κ1) is 33.2. The van der Waals surface area contributed by atoms with E-state index in [1.807, 2.05) is 49.4 Å². The molecule has 8 heteroatoms. The topological polar surface area (TPSA) is 116 Å². The van der Waals surface area contributed by atoms with E-state index in [0.29, 0.717) is 12.0 Å². The Morgan fingerprint density at radius 3 is 1.95 bits per heavy atom. The zero-order valence-electron chi connectivity index (χ0n) is 23.5. The smallest absolute Gasteiger partial charge is 0.405 e. The van der Waals surface area contributed by atoms with Gasteiger partial charge in [0.15, 0.2) is 0 Å². The maximum absolute atomic E-state index is 10.8. The van der Waals surface area contributed by atoms with Crippen molar-refractivity contribution in [3.63, 3.8) is 0 Å². The number of nitrogens with two attached hydrogens (primary N) is 1. The molecule has 0 radical (unpaired) electrons. The van der Waals surface area contributed by atoms with Gasteiger partial charge in [-0.2, -0.15) is 0 Å². The van der Waals surface area contributed by atoms with Crippen LogP contribution < -0.4 is 10.5 Å². The van der Waals surface area contributed by atoms with Crippen LogP contribution in [0.1, 0.15) is 62.5 Å². The highest BCUT2D eigenvalue weighted by atomic mass is 32.2. The summed E-state index contributed by atoms with van der Waals surface area (Å²) in [5.41, 5.74) is 6.83. The number of carbonyl (C=O) groups is 3. The van der Waals surface area contributed by atoms with Crippen molar-refractivity contribution in [3.05, 3.63) is 89.5 Å². The minimum absolute atomic E-state index is 0.173. The molecule has 1 amide bonds. The van der Waals surface area contributed by atoms with Gasteiger partial charge in [0.1, 0.15) is 22.9 Å². The highest BCUT2D eigenvalue weighted by Crippen LogP contribution is 2.24. The number of ketones is 1. The summed E-state index contributed by atoms with van der Waals surface area (Å²) >= 11 is 1.58. The Hall–Kier alpha value is -3.78. The van der Waals surface area contributed by atoms with Crippen molar-refractivity contribution in [3.8, 4) is 11.5 Å². The molecule has 0 aliphatic carbocycles. The van der Waals surface area contributed by atoms with Crippen LogP contribution in [0.4, 0.5) is 4.79 Å². The maximum Gasteiger partial charge on any atom is 0.405 e. The number of carboxylic acid groups (broad SMARTS) is 1. The molecular formula is C31H39NO6S. The number of aromatic carboxylic acids is 1. The Morgan fingerprint density at radius 2 is 1.51 bits per heavy atom. The largest absolute Gasteiger partial charge is 0.478 e. The third kappa shape index (κ3) is 15.3. The minimum Gasteiger partial charge on any atom is -0.478 e. The standard InChI is InChI=1S/C14H14O.C12H14O3S.C5H11NO2/c1-2-12-8-10-14(11-9-12)15-13-6-4-3-5-7-13;1-8-7-10(12(14)15)3-4-11(8)16-6-5-9(2)13;1-5(2,3)8-4(6)7/h3-11H,2H2,1H3;3-4,7H,5-6H2,1-2H3,(H,14,15);1-3H3,(H2,6,7). The molecule has 0 unspecified atom stereocenters. The van der Waals surface area contributed by atoms with Crippen molar-refractivity contribution in [2.24, 2.45) is 5.73 Å². The molecule has 0 heterocycles. The van der Waals surface area contributed by atoms with Crippen molar-refractivity contribution in [1.29, 1.82) is 0 Å². The Labute approximate surface area is 235 Å². The average molecular weight is 554 g/mol. The number of thioether (sulfide) groups is 1. The molecule has 0 atom stereocenters. The fourth-order valence-corrected chi connectivity index (χ4v) is 4.03. The second-order valence-corrected chi connectivity index (χ2v) is 10.7. The molecule has 0 aromatic heterocycles. The van der Waals surface area contributed by atoms with Crippen molar-refractivity contribution in [2.75, 3.05) is 5.75 Å². The zero-order valence-corrected chi connectivity index (χ0v) is 24.3. The van der Waals surface area contributed by atoms with Crippen LogP contribution in [-0.4, -0.2) is 34.3 Å². The van der Waals surface area contributed by atoms with Gasteiger partial charge in [-0.05, 0) is 94.6 Å². The van der Waals surface area contributed by atoms with Crippen LogP contribution in [0.2, 0.25) is 0 Å². The van der Waals surface area contributed by atoms with E-state index in [4.69, 9.17) is 15.6 Å². The van der Waals surface area contributed by atoms with E-state index in [-0.39, 0.29) is 5.78 Å². The summed E-state index contributed by atoms with van der Waals surface area (Å²) in [6.45, 7) is 10.9. The van der Waals surface area contributed by atoms with E-state index < -0.39 is 17.7 Å². The lowest BCUT2D eigenvalue weighted by Crippen LogP contribution is -2.27. The normalized spacial score (nSPS) is 10.2. The molecule has 39 heavy (non-hydrogen) atoms. The minimum atomic E-state index is -0.914. The summed E-state index contributed by atoms with van der Waals surface area (Å²) in [6, 6.07) is 23.1. The van der Waals surface area contributed by atoms with E-state index in [0.717, 1.165) is 34.1 Å². The number of amides is 1. The Morgan fingerprint density at radius 1 is 0.923 bits per heavy atom. The summed E-state index contributed by atoms with van der Waals surface area (Å²) in [6.07, 6.45) is 0.883. The van der Waals surface area contributed by atoms with Crippen molar-refractivity contribution in [1.82, 2.24) is 0 Å². The number of Topliss-reactive ketones (excluding diaryl/α,β-unsaturated/α-hetero) is 1. The van der Waals surface area contributed by atoms with Crippen LogP contribution in [0.5, 0.6) is 11.5 Å². The van der Waals surface area contributed by atoms with Gasteiger partial charge in [0, 0.05) is 17.1 Å². The number of rotatable bonds is 8. The number of carboxylic acids is 1. The molecule has 0 saturated heterocycles. The molecule has 0 spiro atoms. The van der Waals surface area contributed by atoms with Crippen LogP contribution >= 0.6 is 11.8 Å². The van der Waals surface area contributed by atoms with Gasteiger partial charge in [-0.15, -0.1) is 11.8 Å². The molecule has 0 bridgehead atoms. The number of primary amides is 1. The van der Waals surface area contributed by atoms with Gasteiger partial charge in [0.05, 0.1) is 5.56 Å². The van der Waals surface area contributed by atoms with Crippen molar-refractivity contribution < 1.29 is 29.0 Å². The molecule has 0 aliphatic heterocycles. The molecule has 7 nitrogen and oxygen atoms in total. The Kier molecular flexibility index (Phi) is 14.4. The molecule has 3 rings (SSSR count). The van der Waals surface area contributed by atoms with E-state index in [9.17, 15) is 14.4 Å². The van der Waals surface area contributed by atoms with E-state index in [2.05, 4.69) is 23.8 Å². The molecule has 210 valence electrons. The first-order valence-electron chi connectivity index (χ1n) is 12.6. The average Bonchev–Trinajstić information content (AvgIpc) is 2.85. The van der Waals surface area contributed by atoms with Gasteiger partial charge in [0.2, 0.25) is 0 Å². The van der Waals surface area contributed by atoms with Crippen LogP contribution in [0.3, 0.4) is 0 Å². The van der Waals surface area contributed by atoms with Gasteiger partial charge in [-0.25, -0.2) is 9.59 Å². The summed E-state index contributed by atoms with van der Waals surface area (Å²) in [4.78, 5) is 32.5. The summed E-state index contributed by atoms with van der Waals surface area (Å²) in [7, 11) is 0. The van der Waals surface area contributed by atoms with Crippen molar-refractivity contribution >= 4 is 29.6 Å². The Balaban J connectivity index is 0.000000310. The van der Waals surface area contributed by atoms with Crippen LogP contribution in [-0.2, 0) is 16.0 Å². The van der Waals surface area contributed by atoms with Crippen LogP contribution in [0.25, 0.3) is 0 Å². The zero-order chi connectivity index (χ0) is 29.4. The molecule has 3 aromatic rings. The number of ether oxygens (including phenoxy) is 2. The third-order valence-electron chi connectivity index (χ3n) is 4.85. The molecule has 0 fully saturated rings. The predicted molar refractivity (Wildman–Crippen MR) is 157 cm³/mol. The Bertz CT molecular complexity index is 1190. The number of carbonyl (C=O) groups excluding carboxylic acids is 2. The van der Waals surface area contributed by atoms with Crippen LogP contribution in [0.15, 0.2) is 77.7 Å². The quantitative estimate of drug-likeness (QED) is 0.275. The summed E-state index contributed by atoms with van der Waals surface area (Å²) in [5.74, 6) is 1.76.